The van der Waals surface area contributed by atoms with Crippen LogP contribution >= 0.6 is 0 Å². The number of sulfone groups is 1. The number of rotatable bonds is 8. The Bertz CT molecular complexity index is 672. The van der Waals surface area contributed by atoms with Crippen molar-refractivity contribution in [3.05, 3.63) is 35.9 Å². The van der Waals surface area contributed by atoms with E-state index in [2.05, 4.69) is 0 Å². The van der Waals surface area contributed by atoms with E-state index in [1.165, 1.54) is 30.3 Å². The maximum absolute atomic E-state index is 13.3. The number of alkyl halides is 3. The summed E-state index contributed by atoms with van der Waals surface area (Å²) < 4.78 is 63.8. The minimum Gasteiger partial charge on any atom is -0.480 e. The molecular weight excluding hydrogens is 347 g/mol. The summed E-state index contributed by atoms with van der Waals surface area (Å²) in [5.74, 6) is -2.67. The van der Waals surface area contributed by atoms with Crippen molar-refractivity contribution in [1.82, 2.24) is 5.32 Å². The number of benzene rings is 1. The fourth-order valence-corrected chi connectivity index (χ4v) is 4.32. The predicted octanol–water partition coefficient (Wildman–Crippen LogP) is 2.16. The van der Waals surface area contributed by atoms with Gasteiger partial charge in [0.1, 0.15) is 12.1 Å². The smallest absolute Gasteiger partial charge is 0.407 e. The molecule has 0 heterocycles. The lowest BCUT2D eigenvalue weighted by Crippen LogP contribution is -2.48. The molecule has 1 aromatic rings. The van der Waals surface area contributed by atoms with Gasteiger partial charge in [0.2, 0.25) is 0 Å². The molecule has 134 valence electrons. The molecule has 24 heavy (non-hydrogen) atoms. The molecule has 0 spiro atoms. The highest BCUT2D eigenvalue weighted by Crippen LogP contribution is 2.33. The van der Waals surface area contributed by atoms with E-state index in [0.717, 1.165) is 12.8 Å². The number of carboxylic acid groups (broad SMARTS) is 1. The molecule has 0 bridgehead atoms. The third-order valence-corrected chi connectivity index (χ3v) is 5.55. The number of aliphatic carboxylic acids is 1. The normalized spacial score (nSPS) is 18.1. The van der Waals surface area contributed by atoms with Crippen LogP contribution < -0.4 is 5.32 Å². The van der Waals surface area contributed by atoms with E-state index >= 15 is 0 Å². The van der Waals surface area contributed by atoms with Gasteiger partial charge in [0, 0.05) is 0 Å². The Morgan fingerprint density at radius 2 is 1.83 bits per heavy atom. The largest absolute Gasteiger partial charge is 0.480 e. The van der Waals surface area contributed by atoms with Crippen LogP contribution in [0.3, 0.4) is 0 Å². The Morgan fingerprint density at radius 3 is 2.29 bits per heavy atom. The number of hydrogen-bond acceptors (Lipinski definition) is 4. The third kappa shape index (κ3) is 5.48. The van der Waals surface area contributed by atoms with Gasteiger partial charge >= 0.3 is 12.1 Å². The topological polar surface area (TPSA) is 83.5 Å². The standard InChI is InChI=1S/C15H18F3NO4S/c16-15(17,18)13(11-4-2-1-3-5-11)19-12(14(20)21)9-24(22,23)8-10-6-7-10/h1-5,10,12-13,19H,6-9H2,(H,20,21)/t12-,13+/m0/s1. The van der Waals surface area contributed by atoms with Gasteiger partial charge in [-0.05, 0) is 24.3 Å². The molecule has 1 aromatic carbocycles. The maximum Gasteiger partial charge on any atom is 0.407 e. The monoisotopic (exact) mass is 365 g/mol. The van der Waals surface area contributed by atoms with Crippen molar-refractivity contribution >= 4 is 15.8 Å². The van der Waals surface area contributed by atoms with Crippen LogP contribution in [0.2, 0.25) is 0 Å². The van der Waals surface area contributed by atoms with Crippen LogP contribution in [0, 0.1) is 5.92 Å². The number of halogens is 3. The fourth-order valence-electron chi connectivity index (χ4n) is 2.38. The second-order valence-corrected chi connectivity index (χ2v) is 8.12. The first-order chi connectivity index (χ1) is 11.1. The van der Waals surface area contributed by atoms with Crippen LogP contribution in [0.5, 0.6) is 0 Å². The summed E-state index contributed by atoms with van der Waals surface area (Å²) in [6.07, 6.45) is -3.26. The second kappa shape index (κ2) is 7.10. The van der Waals surface area contributed by atoms with E-state index in [0.29, 0.717) is 0 Å². The first kappa shape index (κ1) is 18.7. The molecule has 0 unspecified atom stereocenters. The van der Waals surface area contributed by atoms with Crippen LogP contribution in [-0.2, 0) is 14.6 Å². The molecule has 1 saturated carbocycles. The van der Waals surface area contributed by atoms with Gasteiger partial charge in [-0.2, -0.15) is 13.2 Å². The number of carbonyl (C=O) groups is 1. The van der Waals surface area contributed by atoms with Crippen LogP contribution in [-0.4, -0.2) is 43.2 Å². The average Bonchev–Trinajstić information content (AvgIpc) is 3.25. The predicted molar refractivity (Wildman–Crippen MR) is 81.2 cm³/mol. The van der Waals surface area contributed by atoms with Crippen LogP contribution in [0.1, 0.15) is 24.4 Å². The first-order valence-electron chi connectivity index (χ1n) is 7.39. The highest BCUT2D eigenvalue weighted by Gasteiger charge is 2.43. The van der Waals surface area contributed by atoms with Gasteiger partial charge < -0.3 is 5.11 Å². The van der Waals surface area contributed by atoms with Gasteiger partial charge in [0.25, 0.3) is 0 Å². The van der Waals surface area contributed by atoms with Gasteiger partial charge in [-0.25, -0.2) is 8.42 Å². The molecule has 5 nitrogen and oxygen atoms in total. The zero-order valence-electron chi connectivity index (χ0n) is 12.7. The van der Waals surface area contributed by atoms with E-state index in [-0.39, 0.29) is 17.2 Å². The van der Waals surface area contributed by atoms with Crippen molar-refractivity contribution in [2.24, 2.45) is 5.92 Å². The molecular formula is C15H18F3NO4S. The summed E-state index contributed by atoms with van der Waals surface area (Å²) in [6.45, 7) is 0. The van der Waals surface area contributed by atoms with E-state index in [1.54, 1.807) is 0 Å². The number of nitrogens with one attached hydrogen (secondary N) is 1. The first-order valence-corrected chi connectivity index (χ1v) is 9.21. The molecule has 1 fully saturated rings. The highest BCUT2D eigenvalue weighted by atomic mass is 32.2. The molecule has 0 saturated heterocycles. The minimum atomic E-state index is -4.75. The molecule has 0 aliphatic heterocycles. The van der Waals surface area contributed by atoms with E-state index in [1.807, 2.05) is 5.32 Å². The van der Waals surface area contributed by atoms with Crippen molar-refractivity contribution in [3.8, 4) is 0 Å². The van der Waals surface area contributed by atoms with Crippen molar-refractivity contribution in [2.45, 2.75) is 31.1 Å². The Morgan fingerprint density at radius 1 is 1.25 bits per heavy atom. The fraction of sp³-hybridized carbons (Fsp3) is 0.533. The Labute approximate surface area is 137 Å². The maximum atomic E-state index is 13.3. The molecule has 2 atom stereocenters. The molecule has 1 aliphatic carbocycles. The van der Waals surface area contributed by atoms with Crippen molar-refractivity contribution in [1.29, 1.82) is 0 Å². The lowest BCUT2D eigenvalue weighted by Gasteiger charge is -2.25. The second-order valence-electron chi connectivity index (χ2n) is 5.96. The van der Waals surface area contributed by atoms with Gasteiger partial charge in [0.05, 0.1) is 11.5 Å². The van der Waals surface area contributed by atoms with Gasteiger partial charge in [-0.15, -0.1) is 0 Å². The zero-order valence-corrected chi connectivity index (χ0v) is 13.5. The summed E-state index contributed by atoms with van der Waals surface area (Å²) in [4.78, 5) is 11.3. The van der Waals surface area contributed by atoms with Crippen molar-refractivity contribution < 1.29 is 31.5 Å². The van der Waals surface area contributed by atoms with Crippen molar-refractivity contribution in [2.75, 3.05) is 11.5 Å². The number of hydrogen-bond donors (Lipinski definition) is 2. The molecule has 2 rings (SSSR count). The summed E-state index contributed by atoms with van der Waals surface area (Å²) in [6, 6.07) is 2.67. The third-order valence-electron chi connectivity index (χ3n) is 3.73. The van der Waals surface area contributed by atoms with Gasteiger partial charge in [0.15, 0.2) is 9.84 Å². The number of carboxylic acids is 1. The quantitative estimate of drug-likeness (QED) is 0.738. The Balaban J connectivity index is 2.18. The Hall–Kier alpha value is -1.61. The summed E-state index contributed by atoms with van der Waals surface area (Å²) >= 11 is 0. The lowest BCUT2D eigenvalue weighted by molar-refractivity contribution is -0.162. The minimum absolute atomic E-state index is 0.00280. The highest BCUT2D eigenvalue weighted by molar-refractivity contribution is 7.91. The zero-order chi connectivity index (χ0) is 18.0. The van der Waals surface area contributed by atoms with E-state index in [4.69, 9.17) is 5.11 Å². The van der Waals surface area contributed by atoms with Gasteiger partial charge in [-0.1, -0.05) is 30.3 Å². The van der Waals surface area contributed by atoms with Crippen molar-refractivity contribution in [3.63, 3.8) is 0 Å². The average molecular weight is 365 g/mol. The summed E-state index contributed by atoms with van der Waals surface area (Å²) in [5.41, 5.74) is -0.171. The van der Waals surface area contributed by atoms with E-state index in [9.17, 15) is 26.4 Å². The van der Waals surface area contributed by atoms with Gasteiger partial charge in [-0.3, -0.25) is 10.1 Å². The molecule has 1 aliphatic rings. The van der Waals surface area contributed by atoms with Crippen LogP contribution in [0.15, 0.2) is 30.3 Å². The molecule has 0 radical (unpaired) electrons. The molecule has 9 heteroatoms. The molecule has 0 amide bonds. The summed E-state index contributed by atoms with van der Waals surface area (Å²) in [7, 11) is -3.75. The Kier molecular flexibility index (Phi) is 5.54. The van der Waals surface area contributed by atoms with Crippen LogP contribution in [0.4, 0.5) is 13.2 Å². The van der Waals surface area contributed by atoms with E-state index < -0.39 is 39.8 Å². The molecule has 0 aromatic heterocycles. The van der Waals surface area contributed by atoms with Crippen LogP contribution in [0.25, 0.3) is 0 Å². The summed E-state index contributed by atoms with van der Waals surface area (Å²) in [5, 5.41) is 11.1. The lowest BCUT2D eigenvalue weighted by atomic mass is 10.1. The SMILES string of the molecule is O=C(O)[C@H](CS(=O)(=O)CC1CC1)N[C@H](c1ccccc1)C(F)(F)F. The molecule has 2 N–H and O–H groups in total.